The molecule has 2 rings (SSSR count). The lowest BCUT2D eigenvalue weighted by Crippen LogP contribution is -2.36. The Morgan fingerprint density at radius 3 is 1.96 bits per heavy atom. The van der Waals surface area contributed by atoms with Crippen LogP contribution in [0.2, 0.25) is 0 Å². The number of nitrogens with zero attached hydrogens (tertiary/aromatic N) is 1. The molecule has 24 heavy (non-hydrogen) atoms. The number of rotatable bonds is 5. The summed E-state index contributed by atoms with van der Waals surface area (Å²) in [6.07, 6.45) is 0.786. The summed E-state index contributed by atoms with van der Waals surface area (Å²) in [5.41, 5.74) is 3.39. The predicted octanol–water partition coefficient (Wildman–Crippen LogP) is 5.42. The van der Waals surface area contributed by atoms with Crippen LogP contribution < -0.4 is 0 Å². The second-order valence-electron chi connectivity index (χ2n) is 6.81. The van der Waals surface area contributed by atoms with Gasteiger partial charge in [0.1, 0.15) is 5.75 Å². The third kappa shape index (κ3) is 6.76. The second kappa shape index (κ2) is 10.1. The molecule has 0 unspecified atom stereocenters. The summed E-state index contributed by atoms with van der Waals surface area (Å²) in [5, 5.41) is 9.70. The van der Waals surface area contributed by atoms with Crippen molar-refractivity contribution >= 4 is 0 Å². The van der Waals surface area contributed by atoms with Crippen LogP contribution >= 0.6 is 0 Å². The molecule has 0 aliphatic rings. The maximum Gasteiger partial charge on any atom is 0.119 e. The van der Waals surface area contributed by atoms with E-state index >= 15 is 0 Å². The van der Waals surface area contributed by atoms with Gasteiger partial charge in [0.15, 0.2) is 0 Å². The lowest BCUT2D eigenvalue weighted by molar-refractivity contribution is 0.185. The number of benzene rings is 2. The molecule has 0 radical (unpaired) electrons. The van der Waals surface area contributed by atoms with Crippen LogP contribution in [0.4, 0.5) is 0 Å². The second-order valence-corrected chi connectivity index (χ2v) is 6.81. The van der Waals surface area contributed by atoms with Gasteiger partial charge in [0, 0.05) is 18.5 Å². The number of hydrogen-bond acceptors (Lipinski definition) is 2. The fraction of sp³-hybridized carbons (Fsp3) is 0.455. The highest BCUT2D eigenvalue weighted by Gasteiger charge is 2.09. The highest BCUT2D eigenvalue weighted by molar-refractivity contribution is 5.39. The predicted molar refractivity (Wildman–Crippen MR) is 105 cm³/mol. The van der Waals surface area contributed by atoms with Crippen molar-refractivity contribution in [3.05, 3.63) is 65.2 Å². The van der Waals surface area contributed by atoms with Crippen molar-refractivity contribution in [2.45, 2.75) is 60.0 Å². The van der Waals surface area contributed by atoms with E-state index in [4.69, 9.17) is 0 Å². The highest BCUT2D eigenvalue weighted by Crippen LogP contribution is 2.21. The fourth-order valence-corrected chi connectivity index (χ4v) is 3.00. The molecule has 0 saturated heterocycles. The molecule has 0 amide bonds. The van der Waals surface area contributed by atoms with Crippen LogP contribution in [-0.2, 0) is 6.42 Å². The molecule has 1 N–H and O–H groups in total. The summed E-state index contributed by atoms with van der Waals surface area (Å²) in [5.74, 6) is 0.379. The topological polar surface area (TPSA) is 23.5 Å². The summed E-state index contributed by atoms with van der Waals surface area (Å²) >= 11 is 0. The highest BCUT2D eigenvalue weighted by atomic mass is 16.3. The van der Waals surface area contributed by atoms with E-state index in [1.807, 2.05) is 37.3 Å². The number of aryl methyl sites for hydroxylation is 1. The molecule has 0 atom stereocenters. The van der Waals surface area contributed by atoms with E-state index in [-0.39, 0.29) is 0 Å². The van der Waals surface area contributed by atoms with E-state index in [0.717, 1.165) is 18.5 Å². The Labute approximate surface area is 148 Å². The first kappa shape index (κ1) is 20.2. The Balaban J connectivity index is 0.000000277. The lowest BCUT2D eigenvalue weighted by atomic mass is 10.0. The van der Waals surface area contributed by atoms with Crippen molar-refractivity contribution in [3.8, 4) is 5.75 Å². The van der Waals surface area contributed by atoms with Crippen molar-refractivity contribution < 1.29 is 5.11 Å². The number of phenols is 1. The summed E-state index contributed by atoms with van der Waals surface area (Å²) in [7, 11) is 0. The molecular formula is C22H33NO. The van der Waals surface area contributed by atoms with E-state index in [9.17, 15) is 5.11 Å². The van der Waals surface area contributed by atoms with Gasteiger partial charge in [-0.2, -0.15) is 0 Å². The van der Waals surface area contributed by atoms with Gasteiger partial charge in [0.2, 0.25) is 0 Å². The zero-order valence-corrected chi connectivity index (χ0v) is 16.1. The van der Waals surface area contributed by atoms with Crippen molar-refractivity contribution in [2.75, 3.05) is 6.54 Å². The average molecular weight is 328 g/mol. The Hall–Kier alpha value is -1.80. The first-order chi connectivity index (χ1) is 11.3. The van der Waals surface area contributed by atoms with Gasteiger partial charge >= 0.3 is 0 Å². The van der Waals surface area contributed by atoms with Crippen molar-refractivity contribution in [1.29, 1.82) is 0 Å². The maximum absolute atomic E-state index is 9.70. The van der Waals surface area contributed by atoms with Crippen molar-refractivity contribution in [2.24, 2.45) is 0 Å². The summed E-state index contributed by atoms with van der Waals surface area (Å²) in [6, 6.07) is 17.3. The summed E-state index contributed by atoms with van der Waals surface area (Å²) < 4.78 is 0. The zero-order chi connectivity index (χ0) is 18.1. The lowest BCUT2D eigenvalue weighted by Gasteiger charge is -2.28. The Bertz CT molecular complexity index is 582. The molecule has 2 aromatic carbocycles. The van der Waals surface area contributed by atoms with Gasteiger partial charge < -0.3 is 5.11 Å². The molecule has 0 heterocycles. The molecule has 0 aromatic heterocycles. The van der Waals surface area contributed by atoms with E-state index in [1.165, 1.54) is 11.1 Å². The molecule has 2 aromatic rings. The van der Waals surface area contributed by atoms with Crippen LogP contribution in [0.3, 0.4) is 0 Å². The normalized spacial score (nSPS) is 10.9. The minimum atomic E-state index is 0.379. The molecule has 2 heteroatoms. The smallest absolute Gasteiger partial charge is 0.119 e. The van der Waals surface area contributed by atoms with E-state index < -0.39 is 0 Å². The van der Waals surface area contributed by atoms with Crippen LogP contribution in [0.15, 0.2) is 48.5 Å². The molecule has 0 fully saturated rings. The molecule has 2 nitrogen and oxygen atoms in total. The van der Waals surface area contributed by atoms with Gasteiger partial charge in [0.05, 0.1) is 0 Å². The maximum atomic E-state index is 9.70. The number of phenolic OH excluding ortho intramolecular Hbond substituents is 1. The van der Waals surface area contributed by atoms with Gasteiger partial charge in [-0.15, -0.1) is 0 Å². The molecule has 132 valence electrons. The summed E-state index contributed by atoms with van der Waals surface area (Å²) in [6.45, 7) is 14.4. The number of aromatic hydroxyl groups is 1. The minimum Gasteiger partial charge on any atom is -0.508 e. The molecule has 0 aliphatic heterocycles. The van der Waals surface area contributed by atoms with Gasteiger partial charge in [0.25, 0.3) is 0 Å². The van der Waals surface area contributed by atoms with Gasteiger partial charge in [-0.3, -0.25) is 4.90 Å². The first-order valence-electron chi connectivity index (χ1n) is 8.93. The third-order valence-corrected chi connectivity index (χ3v) is 4.16. The Kier molecular flexibility index (Phi) is 8.56. The Morgan fingerprint density at radius 1 is 0.917 bits per heavy atom. The number of hydrogen-bond donors (Lipinski definition) is 1. The third-order valence-electron chi connectivity index (χ3n) is 4.16. The van der Waals surface area contributed by atoms with E-state index in [0.29, 0.717) is 17.8 Å². The fourth-order valence-electron chi connectivity index (χ4n) is 3.00. The quantitative estimate of drug-likeness (QED) is 0.793. The van der Waals surface area contributed by atoms with Gasteiger partial charge in [-0.25, -0.2) is 0 Å². The van der Waals surface area contributed by atoms with Gasteiger partial charge in [-0.1, -0.05) is 55.0 Å². The average Bonchev–Trinajstić information content (AvgIpc) is 2.52. The van der Waals surface area contributed by atoms with Crippen LogP contribution in [-0.4, -0.2) is 28.6 Å². The van der Waals surface area contributed by atoms with Crippen LogP contribution in [0.1, 0.15) is 51.3 Å². The van der Waals surface area contributed by atoms with Crippen LogP contribution in [0, 0.1) is 6.92 Å². The largest absolute Gasteiger partial charge is 0.508 e. The summed E-state index contributed by atoms with van der Waals surface area (Å²) in [4.78, 5) is 2.46. The molecular weight excluding hydrogens is 294 g/mol. The minimum absolute atomic E-state index is 0.379. The molecule has 0 bridgehead atoms. The van der Waals surface area contributed by atoms with Crippen molar-refractivity contribution in [3.63, 3.8) is 0 Å². The zero-order valence-electron chi connectivity index (χ0n) is 16.1. The standard InChI is InChI=1S/C14H14O.C8H19N/c1-11-7-8-14(15)13(9-11)10-12-5-3-2-4-6-12;1-6-9(7(2)3)8(4)5/h2-9,15H,10H2,1H3;7-8H,6H2,1-5H3. The van der Waals surface area contributed by atoms with Crippen LogP contribution in [0.5, 0.6) is 5.75 Å². The van der Waals surface area contributed by atoms with E-state index in [2.05, 4.69) is 51.7 Å². The van der Waals surface area contributed by atoms with Gasteiger partial charge in [-0.05, 0) is 58.4 Å². The van der Waals surface area contributed by atoms with Crippen molar-refractivity contribution in [1.82, 2.24) is 4.90 Å². The Morgan fingerprint density at radius 2 is 1.50 bits per heavy atom. The SMILES string of the molecule is CCN(C(C)C)C(C)C.Cc1ccc(O)c(Cc2ccccc2)c1. The molecule has 0 saturated carbocycles. The first-order valence-corrected chi connectivity index (χ1v) is 8.93. The van der Waals surface area contributed by atoms with Crippen LogP contribution in [0.25, 0.3) is 0 Å². The molecule has 0 spiro atoms. The monoisotopic (exact) mass is 327 g/mol. The van der Waals surface area contributed by atoms with E-state index in [1.54, 1.807) is 6.07 Å². The molecule has 0 aliphatic carbocycles.